The van der Waals surface area contributed by atoms with Crippen molar-refractivity contribution in [1.29, 1.82) is 0 Å². The Kier molecular flexibility index (Phi) is 5.80. The number of anilines is 1. The Morgan fingerprint density at radius 1 is 1.14 bits per heavy atom. The van der Waals surface area contributed by atoms with E-state index in [1.165, 1.54) is 23.9 Å². The van der Waals surface area contributed by atoms with Crippen LogP contribution in [0.15, 0.2) is 48.5 Å². The summed E-state index contributed by atoms with van der Waals surface area (Å²) in [4.78, 5) is 21.9. The Bertz CT molecular complexity index is 659. The van der Waals surface area contributed by atoms with Crippen molar-refractivity contribution >= 4 is 40.6 Å². The van der Waals surface area contributed by atoms with Crippen LogP contribution in [0.3, 0.4) is 0 Å². The minimum absolute atomic E-state index is 0.0641. The van der Waals surface area contributed by atoms with Gasteiger partial charge in [-0.1, -0.05) is 23.7 Å². The second-order valence-corrected chi connectivity index (χ2v) is 5.89. The third kappa shape index (κ3) is 5.05. The fourth-order valence-electron chi connectivity index (χ4n) is 1.71. The van der Waals surface area contributed by atoms with Crippen molar-refractivity contribution in [2.45, 2.75) is 5.75 Å². The molecular weight excluding hydrogens is 324 g/mol. The molecule has 7 heteroatoms. The predicted octanol–water partition coefficient (Wildman–Crippen LogP) is 4.12. The van der Waals surface area contributed by atoms with E-state index in [2.05, 4.69) is 5.32 Å². The molecule has 0 atom stereocenters. The minimum Gasteiger partial charge on any atom is -0.325 e. The van der Waals surface area contributed by atoms with Gasteiger partial charge in [0.1, 0.15) is 0 Å². The summed E-state index contributed by atoms with van der Waals surface area (Å²) < 4.78 is 0. The van der Waals surface area contributed by atoms with Crippen molar-refractivity contribution in [3.8, 4) is 0 Å². The van der Waals surface area contributed by atoms with E-state index in [1.54, 1.807) is 36.4 Å². The number of carbonyl (C=O) groups excluding carboxylic acids is 1. The van der Waals surface area contributed by atoms with E-state index < -0.39 is 4.92 Å². The van der Waals surface area contributed by atoms with Gasteiger partial charge in [0.2, 0.25) is 5.91 Å². The lowest BCUT2D eigenvalue weighted by Crippen LogP contribution is -2.14. The number of hydrogen-bond donors (Lipinski definition) is 1. The van der Waals surface area contributed by atoms with Gasteiger partial charge in [-0.25, -0.2) is 0 Å². The maximum absolute atomic E-state index is 11.8. The maximum atomic E-state index is 11.8. The highest BCUT2D eigenvalue weighted by Gasteiger charge is 2.06. The average Bonchev–Trinajstić information content (AvgIpc) is 2.50. The molecule has 0 aromatic heterocycles. The fourth-order valence-corrected chi connectivity index (χ4v) is 2.62. The normalized spacial score (nSPS) is 10.2. The maximum Gasteiger partial charge on any atom is 0.269 e. The van der Waals surface area contributed by atoms with E-state index in [-0.39, 0.29) is 11.6 Å². The minimum atomic E-state index is -0.434. The summed E-state index contributed by atoms with van der Waals surface area (Å²) in [5, 5.41) is 13.9. The molecule has 2 aromatic carbocycles. The topological polar surface area (TPSA) is 72.2 Å². The molecule has 0 fully saturated rings. The molecular formula is C15H13ClN2O3S. The number of carbonyl (C=O) groups is 1. The smallest absolute Gasteiger partial charge is 0.269 e. The van der Waals surface area contributed by atoms with E-state index in [0.717, 1.165) is 5.56 Å². The summed E-state index contributed by atoms with van der Waals surface area (Å²) in [6, 6.07) is 13.2. The molecule has 0 bridgehead atoms. The summed E-state index contributed by atoms with van der Waals surface area (Å²) in [6.07, 6.45) is 0. The van der Waals surface area contributed by atoms with Gasteiger partial charge in [0, 0.05) is 28.6 Å². The number of rotatable bonds is 6. The highest BCUT2D eigenvalue weighted by atomic mass is 35.5. The zero-order valence-corrected chi connectivity index (χ0v) is 13.1. The third-order valence-electron chi connectivity index (χ3n) is 2.78. The number of nitro benzene ring substituents is 1. The highest BCUT2D eigenvalue weighted by molar-refractivity contribution is 7.99. The van der Waals surface area contributed by atoms with Gasteiger partial charge >= 0.3 is 0 Å². The van der Waals surface area contributed by atoms with Crippen LogP contribution in [-0.2, 0) is 10.5 Å². The number of benzene rings is 2. The van der Waals surface area contributed by atoms with Crippen LogP contribution in [0.1, 0.15) is 5.56 Å². The Morgan fingerprint density at radius 2 is 1.77 bits per heavy atom. The number of halogens is 1. The van der Waals surface area contributed by atoms with Gasteiger partial charge in [0.15, 0.2) is 0 Å². The highest BCUT2D eigenvalue weighted by Crippen LogP contribution is 2.18. The number of nitrogens with one attached hydrogen (secondary N) is 1. The molecule has 0 saturated carbocycles. The molecule has 5 nitrogen and oxygen atoms in total. The molecule has 0 radical (unpaired) electrons. The van der Waals surface area contributed by atoms with E-state index in [1.807, 2.05) is 0 Å². The van der Waals surface area contributed by atoms with E-state index >= 15 is 0 Å². The van der Waals surface area contributed by atoms with Crippen LogP contribution in [0.4, 0.5) is 11.4 Å². The van der Waals surface area contributed by atoms with Gasteiger partial charge in [-0.05, 0) is 29.8 Å². The second kappa shape index (κ2) is 7.82. The first-order valence-electron chi connectivity index (χ1n) is 6.41. The van der Waals surface area contributed by atoms with Crippen molar-refractivity contribution < 1.29 is 9.72 Å². The first-order chi connectivity index (χ1) is 10.5. The summed E-state index contributed by atoms with van der Waals surface area (Å²) >= 11 is 7.21. The first-order valence-corrected chi connectivity index (χ1v) is 7.94. The lowest BCUT2D eigenvalue weighted by molar-refractivity contribution is -0.384. The molecule has 2 rings (SSSR count). The second-order valence-electron chi connectivity index (χ2n) is 4.47. The molecule has 0 aliphatic rings. The Balaban J connectivity index is 1.77. The molecule has 0 spiro atoms. The Labute approximate surface area is 136 Å². The van der Waals surface area contributed by atoms with Gasteiger partial charge in [-0.15, -0.1) is 11.8 Å². The van der Waals surface area contributed by atoms with E-state index in [4.69, 9.17) is 11.6 Å². The number of non-ortho nitro benzene ring substituents is 1. The van der Waals surface area contributed by atoms with Crippen molar-refractivity contribution in [3.05, 3.63) is 69.2 Å². The molecule has 0 saturated heterocycles. The largest absolute Gasteiger partial charge is 0.325 e. The van der Waals surface area contributed by atoms with E-state index in [0.29, 0.717) is 22.2 Å². The summed E-state index contributed by atoms with van der Waals surface area (Å²) in [6.45, 7) is 0. The standard InChI is InChI=1S/C15H13ClN2O3S/c16-12-3-5-13(6-4-12)17-15(19)10-22-9-11-1-7-14(8-2-11)18(20)21/h1-8H,9-10H2,(H,17,19). The molecule has 22 heavy (non-hydrogen) atoms. The quantitative estimate of drug-likeness (QED) is 0.636. The molecule has 1 N–H and O–H groups in total. The van der Waals surface area contributed by atoms with Gasteiger partial charge in [-0.2, -0.15) is 0 Å². The fraction of sp³-hybridized carbons (Fsp3) is 0.133. The third-order valence-corrected chi connectivity index (χ3v) is 4.03. The molecule has 114 valence electrons. The van der Waals surface area contributed by atoms with Gasteiger partial charge in [0.25, 0.3) is 5.69 Å². The lowest BCUT2D eigenvalue weighted by atomic mass is 10.2. The number of nitrogens with zero attached hydrogens (tertiary/aromatic N) is 1. The number of nitro groups is 1. The molecule has 0 aliphatic heterocycles. The SMILES string of the molecule is O=C(CSCc1ccc([N+](=O)[O-])cc1)Nc1ccc(Cl)cc1. The lowest BCUT2D eigenvalue weighted by Gasteiger charge is -2.05. The van der Waals surface area contributed by atoms with Gasteiger partial charge < -0.3 is 5.32 Å². The van der Waals surface area contributed by atoms with Crippen molar-refractivity contribution in [2.75, 3.05) is 11.1 Å². The zero-order valence-electron chi connectivity index (χ0n) is 11.5. The number of thioether (sulfide) groups is 1. The van der Waals surface area contributed by atoms with Crippen LogP contribution in [0, 0.1) is 10.1 Å². The van der Waals surface area contributed by atoms with Crippen LogP contribution in [-0.4, -0.2) is 16.6 Å². The molecule has 1 amide bonds. The molecule has 0 aliphatic carbocycles. The van der Waals surface area contributed by atoms with Crippen LogP contribution >= 0.6 is 23.4 Å². The van der Waals surface area contributed by atoms with Gasteiger partial charge in [-0.3, -0.25) is 14.9 Å². The first kappa shape index (κ1) is 16.3. The average molecular weight is 337 g/mol. The molecule has 0 heterocycles. The monoisotopic (exact) mass is 336 g/mol. The van der Waals surface area contributed by atoms with Crippen LogP contribution in [0.5, 0.6) is 0 Å². The van der Waals surface area contributed by atoms with E-state index in [9.17, 15) is 14.9 Å². The van der Waals surface area contributed by atoms with Crippen LogP contribution < -0.4 is 5.32 Å². The number of hydrogen-bond acceptors (Lipinski definition) is 4. The summed E-state index contributed by atoms with van der Waals surface area (Å²) in [5.41, 5.74) is 1.70. The van der Waals surface area contributed by atoms with Crippen molar-refractivity contribution in [3.63, 3.8) is 0 Å². The zero-order chi connectivity index (χ0) is 15.9. The van der Waals surface area contributed by atoms with Gasteiger partial charge in [0.05, 0.1) is 10.7 Å². The summed E-state index contributed by atoms with van der Waals surface area (Å²) in [5.74, 6) is 0.820. The van der Waals surface area contributed by atoms with Crippen molar-refractivity contribution in [2.24, 2.45) is 0 Å². The predicted molar refractivity (Wildman–Crippen MR) is 89.3 cm³/mol. The molecule has 0 unspecified atom stereocenters. The van der Waals surface area contributed by atoms with Crippen molar-refractivity contribution in [1.82, 2.24) is 0 Å². The Morgan fingerprint density at radius 3 is 2.36 bits per heavy atom. The van der Waals surface area contributed by atoms with Crippen LogP contribution in [0.25, 0.3) is 0 Å². The number of amides is 1. The summed E-state index contributed by atoms with van der Waals surface area (Å²) in [7, 11) is 0. The van der Waals surface area contributed by atoms with Crippen LogP contribution in [0.2, 0.25) is 5.02 Å². The molecule has 2 aromatic rings. The Hall–Kier alpha value is -2.05.